The van der Waals surface area contributed by atoms with Crippen LogP contribution in [0.4, 0.5) is 4.39 Å². The minimum absolute atomic E-state index is 0.213. The van der Waals surface area contributed by atoms with Crippen molar-refractivity contribution in [3.05, 3.63) is 68.9 Å². The molecule has 0 bridgehead atoms. The van der Waals surface area contributed by atoms with Crippen molar-refractivity contribution in [1.82, 2.24) is 0 Å². The van der Waals surface area contributed by atoms with Gasteiger partial charge in [0.2, 0.25) is 0 Å². The van der Waals surface area contributed by atoms with E-state index < -0.39 is 17.7 Å². The third kappa shape index (κ3) is 3.58. The SMILES string of the molecule is O=C(O)C(Cc1ccc(Br)cc1Cl)c1cccc(F)c1. The van der Waals surface area contributed by atoms with Crippen molar-refractivity contribution in [1.29, 1.82) is 0 Å². The van der Waals surface area contributed by atoms with E-state index in [1.165, 1.54) is 18.2 Å². The number of hydrogen-bond acceptors (Lipinski definition) is 1. The third-order valence-corrected chi connectivity index (χ3v) is 3.83. The molecule has 5 heteroatoms. The normalized spacial score (nSPS) is 12.2. The molecule has 2 rings (SSSR count). The molecule has 0 saturated heterocycles. The van der Waals surface area contributed by atoms with E-state index in [2.05, 4.69) is 15.9 Å². The lowest BCUT2D eigenvalue weighted by Gasteiger charge is -2.14. The quantitative estimate of drug-likeness (QED) is 0.864. The first-order chi connectivity index (χ1) is 9.47. The molecule has 104 valence electrons. The monoisotopic (exact) mass is 356 g/mol. The van der Waals surface area contributed by atoms with Crippen molar-refractivity contribution in [3.8, 4) is 0 Å². The zero-order valence-electron chi connectivity index (χ0n) is 10.3. The van der Waals surface area contributed by atoms with Crippen LogP contribution in [0.15, 0.2) is 46.9 Å². The van der Waals surface area contributed by atoms with Gasteiger partial charge in [-0.2, -0.15) is 0 Å². The summed E-state index contributed by atoms with van der Waals surface area (Å²) in [6, 6.07) is 10.9. The van der Waals surface area contributed by atoms with Gasteiger partial charge < -0.3 is 5.11 Å². The number of aliphatic carboxylic acids is 1. The highest BCUT2D eigenvalue weighted by atomic mass is 79.9. The molecule has 0 aliphatic carbocycles. The van der Waals surface area contributed by atoms with E-state index in [1.807, 2.05) is 0 Å². The highest BCUT2D eigenvalue weighted by Crippen LogP contribution is 2.28. The molecule has 0 amide bonds. The van der Waals surface area contributed by atoms with E-state index in [9.17, 15) is 14.3 Å². The maximum atomic E-state index is 13.2. The van der Waals surface area contributed by atoms with Crippen molar-refractivity contribution in [2.24, 2.45) is 0 Å². The van der Waals surface area contributed by atoms with Gasteiger partial charge in [0.25, 0.3) is 0 Å². The Labute approximate surface area is 129 Å². The Morgan fingerprint density at radius 1 is 1.30 bits per heavy atom. The average Bonchev–Trinajstić information content (AvgIpc) is 2.37. The summed E-state index contributed by atoms with van der Waals surface area (Å²) in [6.07, 6.45) is 0.213. The molecule has 0 aromatic heterocycles. The van der Waals surface area contributed by atoms with Crippen LogP contribution in [0.25, 0.3) is 0 Å². The van der Waals surface area contributed by atoms with Gasteiger partial charge in [0.1, 0.15) is 5.82 Å². The Hall–Kier alpha value is -1.39. The summed E-state index contributed by atoms with van der Waals surface area (Å²) in [5.41, 5.74) is 1.14. The van der Waals surface area contributed by atoms with Gasteiger partial charge in [0.15, 0.2) is 0 Å². The second kappa shape index (κ2) is 6.37. The van der Waals surface area contributed by atoms with Crippen molar-refractivity contribution in [2.75, 3.05) is 0 Å². The number of rotatable bonds is 4. The van der Waals surface area contributed by atoms with Gasteiger partial charge in [0, 0.05) is 9.50 Å². The summed E-state index contributed by atoms with van der Waals surface area (Å²) in [5, 5.41) is 9.84. The van der Waals surface area contributed by atoms with Crippen molar-refractivity contribution in [2.45, 2.75) is 12.3 Å². The maximum Gasteiger partial charge on any atom is 0.311 e. The molecule has 0 aliphatic rings. The van der Waals surface area contributed by atoms with E-state index in [4.69, 9.17) is 11.6 Å². The zero-order valence-corrected chi connectivity index (χ0v) is 12.7. The Balaban J connectivity index is 2.33. The van der Waals surface area contributed by atoms with Crippen LogP contribution in [0.2, 0.25) is 5.02 Å². The Morgan fingerprint density at radius 2 is 2.05 bits per heavy atom. The number of carbonyl (C=O) groups is 1. The first kappa shape index (κ1) is 15.0. The Bertz CT molecular complexity index is 646. The fraction of sp³-hybridized carbons (Fsp3) is 0.133. The number of hydrogen-bond donors (Lipinski definition) is 1. The van der Waals surface area contributed by atoms with E-state index >= 15 is 0 Å². The van der Waals surface area contributed by atoms with Crippen LogP contribution in [0.1, 0.15) is 17.0 Å². The third-order valence-electron chi connectivity index (χ3n) is 2.99. The first-order valence-corrected chi connectivity index (χ1v) is 7.06. The van der Waals surface area contributed by atoms with Crippen molar-refractivity contribution >= 4 is 33.5 Å². The largest absolute Gasteiger partial charge is 0.481 e. The molecule has 0 saturated carbocycles. The van der Waals surface area contributed by atoms with E-state index in [1.54, 1.807) is 24.3 Å². The van der Waals surface area contributed by atoms with Crippen LogP contribution in [0.5, 0.6) is 0 Å². The van der Waals surface area contributed by atoms with Crippen LogP contribution >= 0.6 is 27.5 Å². The minimum atomic E-state index is -1.01. The highest BCUT2D eigenvalue weighted by molar-refractivity contribution is 9.10. The molecule has 2 nitrogen and oxygen atoms in total. The standard InChI is InChI=1S/C15H11BrClFO2/c16-11-5-4-10(14(17)8-11)7-13(15(19)20)9-2-1-3-12(18)6-9/h1-6,8,13H,7H2,(H,19,20). The molecule has 1 unspecified atom stereocenters. The molecule has 2 aromatic carbocycles. The van der Waals surface area contributed by atoms with Crippen LogP contribution in [0.3, 0.4) is 0 Å². The predicted octanol–water partition coefficient (Wildman–Crippen LogP) is 4.65. The number of halogens is 3. The molecule has 1 atom stereocenters. The fourth-order valence-corrected chi connectivity index (χ4v) is 2.73. The summed E-state index contributed by atoms with van der Waals surface area (Å²) in [6.45, 7) is 0. The topological polar surface area (TPSA) is 37.3 Å². The molecule has 0 fully saturated rings. The lowest BCUT2D eigenvalue weighted by Crippen LogP contribution is -2.15. The molecule has 0 radical (unpaired) electrons. The summed E-state index contributed by atoms with van der Waals surface area (Å²) in [4.78, 5) is 11.4. The summed E-state index contributed by atoms with van der Waals surface area (Å²) >= 11 is 9.40. The van der Waals surface area contributed by atoms with Crippen molar-refractivity contribution in [3.63, 3.8) is 0 Å². The van der Waals surface area contributed by atoms with Gasteiger partial charge >= 0.3 is 5.97 Å². The predicted molar refractivity (Wildman–Crippen MR) is 79.6 cm³/mol. The smallest absolute Gasteiger partial charge is 0.311 e. The zero-order chi connectivity index (χ0) is 14.7. The molecule has 0 aliphatic heterocycles. The van der Waals surface area contributed by atoms with Gasteiger partial charge in [-0.3, -0.25) is 4.79 Å². The van der Waals surface area contributed by atoms with E-state index in [0.717, 1.165) is 4.47 Å². The minimum Gasteiger partial charge on any atom is -0.481 e. The molecule has 1 N–H and O–H groups in total. The Kier molecular flexibility index (Phi) is 4.78. The second-order valence-electron chi connectivity index (χ2n) is 4.39. The fourth-order valence-electron chi connectivity index (χ4n) is 1.98. The average molecular weight is 358 g/mol. The second-order valence-corrected chi connectivity index (χ2v) is 5.71. The lowest BCUT2D eigenvalue weighted by atomic mass is 9.92. The molecule has 2 aromatic rings. The van der Waals surface area contributed by atoms with E-state index in [-0.39, 0.29) is 6.42 Å². The summed E-state index contributed by atoms with van der Waals surface area (Å²) < 4.78 is 14.1. The number of carboxylic acids is 1. The molecule has 20 heavy (non-hydrogen) atoms. The maximum absolute atomic E-state index is 13.2. The number of benzene rings is 2. The summed E-state index contributed by atoms with van der Waals surface area (Å²) in [7, 11) is 0. The van der Waals surface area contributed by atoms with Gasteiger partial charge in [-0.25, -0.2) is 4.39 Å². The molecular weight excluding hydrogens is 347 g/mol. The Morgan fingerprint density at radius 3 is 2.65 bits per heavy atom. The van der Waals surface area contributed by atoms with Crippen molar-refractivity contribution < 1.29 is 14.3 Å². The lowest BCUT2D eigenvalue weighted by molar-refractivity contribution is -0.138. The van der Waals surface area contributed by atoms with Crippen LogP contribution in [-0.2, 0) is 11.2 Å². The molecular formula is C15H11BrClFO2. The molecule has 0 spiro atoms. The first-order valence-electron chi connectivity index (χ1n) is 5.89. The van der Waals surface area contributed by atoms with E-state index in [0.29, 0.717) is 16.1 Å². The molecule has 0 heterocycles. The van der Waals surface area contributed by atoms with Crippen LogP contribution < -0.4 is 0 Å². The van der Waals surface area contributed by atoms with Gasteiger partial charge in [0.05, 0.1) is 5.92 Å². The highest BCUT2D eigenvalue weighted by Gasteiger charge is 2.21. The number of carboxylic acid groups (broad SMARTS) is 1. The van der Waals surface area contributed by atoms with Gasteiger partial charge in [-0.15, -0.1) is 0 Å². The van der Waals surface area contributed by atoms with Crippen LogP contribution in [0, 0.1) is 5.82 Å². The summed E-state index contributed by atoms with van der Waals surface area (Å²) in [5.74, 6) is -2.28. The van der Waals surface area contributed by atoms with Gasteiger partial charge in [-0.1, -0.05) is 45.7 Å². The van der Waals surface area contributed by atoms with Crippen LogP contribution in [-0.4, -0.2) is 11.1 Å². The van der Waals surface area contributed by atoms with Gasteiger partial charge in [-0.05, 0) is 41.8 Å².